The van der Waals surface area contributed by atoms with E-state index in [-0.39, 0.29) is 17.7 Å². The molecule has 2 amide bonds. The van der Waals surface area contributed by atoms with Crippen LogP contribution in [0.2, 0.25) is 5.02 Å². The average Bonchev–Trinajstić information content (AvgIpc) is 3.35. The predicted molar refractivity (Wildman–Crippen MR) is 133 cm³/mol. The van der Waals surface area contributed by atoms with E-state index in [0.717, 1.165) is 12.0 Å². The smallest absolute Gasteiger partial charge is 0.326 e. The van der Waals surface area contributed by atoms with E-state index in [0.29, 0.717) is 33.4 Å². The SMILES string of the molecule is CCc1ccc(-c2noc(C3=C(C)N(c4ccc(Cl)cc4)C(=O)NC3c3ccc(F)cc3)n2)cc1. The molecule has 0 saturated heterocycles. The first kappa shape index (κ1) is 22.8. The fourth-order valence-electron chi connectivity index (χ4n) is 4.17. The molecule has 0 aliphatic carbocycles. The Bertz CT molecular complexity index is 1400. The van der Waals surface area contributed by atoms with Crippen molar-refractivity contribution >= 4 is 28.9 Å². The topological polar surface area (TPSA) is 71.3 Å². The first-order chi connectivity index (χ1) is 16.9. The monoisotopic (exact) mass is 488 g/mol. The first-order valence-corrected chi connectivity index (χ1v) is 11.6. The standard InChI is InChI=1S/C27H22ClFN4O2/c1-3-17-4-6-19(7-5-17)25-31-26(35-32-25)23-16(2)33(22-14-10-20(28)11-15-22)27(34)30-24(23)18-8-12-21(29)13-9-18/h4-15,24H,3H2,1-2H3,(H,30,34). The Morgan fingerprint density at radius 3 is 2.37 bits per heavy atom. The van der Waals surface area contributed by atoms with Crippen LogP contribution in [-0.4, -0.2) is 16.2 Å². The van der Waals surface area contributed by atoms with Crippen molar-refractivity contribution in [2.75, 3.05) is 4.90 Å². The fourth-order valence-corrected chi connectivity index (χ4v) is 4.29. The number of allylic oxidation sites excluding steroid dienone is 1. The Hall–Kier alpha value is -3.97. The van der Waals surface area contributed by atoms with Crippen molar-refractivity contribution in [3.8, 4) is 11.4 Å². The molecular formula is C27H22ClFN4O2. The summed E-state index contributed by atoms with van der Waals surface area (Å²) in [6.07, 6.45) is 0.934. The van der Waals surface area contributed by atoms with E-state index in [2.05, 4.69) is 22.4 Å². The molecular weight excluding hydrogens is 467 g/mol. The average molecular weight is 489 g/mol. The summed E-state index contributed by atoms with van der Waals surface area (Å²) < 4.78 is 19.3. The predicted octanol–water partition coefficient (Wildman–Crippen LogP) is 6.79. The van der Waals surface area contributed by atoms with Gasteiger partial charge in [-0.05, 0) is 60.9 Å². The summed E-state index contributed by atoms with van der Waals surface area (Å²) in [6, 6.07) is 19.9. The Labute approximate surface area is 207 Å². The van der Waals surface area contributed by atoms with Gasteiger partial charge in [-0.3, -0.25) is 4.90 Å². The normalized spacial score (nSPS) is 15.9. The Kier molecular flexibility index (Phi) is 6.09. The molecule has 1 aliphatic heterocycles. The van der Waals surface area contributed by atoms with E-state index in [4.69, 9.17) is 16.1 Å². The number of aryl methyl sites for hydroxylation is 1. The maximum absolute atomic E-state index is 13.6. The fraction of sp³-hybridized carbons (Fsp3) is 0.148. The van der Waals surface area contributed by atoms with Gasteiger partial charge in [0.15, 0.2) is 0 Å². The number of anilines is 1. The lowest BCUT2D eigenvalue weighted by atomic mass is 9.94. The van der Waals surface area contributed by atoms with Gasteiger partial charge in [0, 0.05) is 16.3 Å². The quantitative estimate of drug-likeness (QED) is 0.335. The van der Waals surface area contributed by atoms with Crippen LogP contribution in [0.25, 0.3) is 17.0 Å². The molecule has 1 unspecified atom stereocenters. The summed E-state index contributed by atoms with van der Waals surface area (Å²) in [4.78, 5) is 19.4. The van der Waals surface area contributed by atoms with Gasteiger partial charge < -0.3 is 9.84 Å². The number of aromatic nitrogens is 2. The number of amides is 2. The number of halogens is 2. The van der Waals surface area contributed by atoms with E-state index >= 15 is 0 Å². The molecule has 8 heteroatoms. The van der Waals surface area contributed by atoms with Crippen LogP contribution in [0.4, 0.5) is 14.9 Å². The summed E-state index contributed by atoms with van der Waals surface area (Å²) in [5, 5.41) is 7.76. The van der Waals surface area contributed by atoms with Crippen LogP contribution < -0.4 is 10.2 Å². The summed E-state index contributed by atoms with van der Waals surface area (Å²) >= 11 is 6.05. The molecule has 6 nitrogen and oxygen atoms in total. The van der Waals surface area contributed by atoms with Crippen LogP contribution in [0.1, 0.15) is 36.9 Å². The summed E-state index contributed by atoms with van der Waals surface area (Å²) in [7, 11) is 0. The molecule has 0 spiro atoms. The maximum Gasteiger partial charge on any atom is 0.326 e. The number of hydrogen-bond acceptors (Lipinski definition) is 4. The number of carbonyl (C=O) groups excluding carboxylic acids is 1. The highest BCUT2D eigenvalue weighted by Gasteiger charge is 2.36. The molecule has 3 aromatic carbocycles. The van der Waals surface area contributed by atoms with E-state index in [9.17, 15) is 9.18 Å². The minimum atomic E-state index is -0.609. The van der Waals surface area contributed by atoms with Gasteiger partial charge in [0.2, 0.25) is 5.82 Å². The second kappa shape index (κ2) is 9.35. The van der Waals surface area contributed by atoms with E-state index in [1.165, 1.54) is 22.6 Å². The zero-order valence-corrected chi connectivity index (χ0v) is 19.9. The molecule has 0 radical (unpaired) electrons. The second-order valence-electron chi connectivity index (χ2n) is 8.22. The zero-order valence-electron chi connectivity index (χ0n) is 19.1. The minimum Gasteiger partial charge on any atom is -0.334 e. The van der Waals surface area contributed by atoms with Gasteiger partial charge in [0.25, 0.3) is 5.89 Å². The summed E-state index contributed by atoms with van der Waals surface area (Å²) in [6.45, 7) is 3.91. The van der Waals surface area contributed by atoms with Gasteiger partial charge in [-0.25, -0.2) is 9.18 Å². The molecule has 1 aliphatic rings. The van der Waals surface area contributed by atoms with Crippen molar-refractivity contribution in [2.45, 2.75) is 26.3 Å². The van der Waals surface area contributed by atoms with Crippen LogP contribution in [0, 0.1) is 5.82 Å². The Balaban J connectivity index is 1.62. The van der Waals surface area contributed by atoms with Gasteiger partial charge >= 0.3 is 6.03 Å². The molecule has 0 bridgehead atoms. The molecule has 1 atom stereocenters. The van der Waals surface area contributed by atoms with Crippen LogP contribution in [0.15, 0.2) is 83.0 Å². The van der Waals surface area contributed by atoms with Crippen LogP contribution in [-0.2, 0) is 6.42 Å². The van der Waals surface area contributed by atoms with Crippen LogP contribution >= 0.6 is 11.6 Å². The first-order valence-electron chi connectivity index (χ1n) is 11.2. The number of carbonyl (C=O) groups is 1. The second-order valence-corrected chi connectivity index (χ2v) is 8.66. The molecule has 35 heavy (non-hydrogen) atoms. The molecule has 0 fully saturated rings. The van der Waals surface area contributed by atoms with Gasteiger partial charge in [-0.2, -0.15) is 4.98 Å². The summed E-state index contributed by atoms with van der Waals surface area (Å²) in [5.41, 5.74) is 4.59. The highest BCUT2D eigenvalue weighted by molar-refractivity contribution is 6.30. The largest absolute Gasteiger partial charge is 0.334 e. The van der Waals surface area contributed by atoms with Crippen LogP contribution in [0.3, 0.4) is 0 Å². The van der Waals surface area contributed by atoms with E-state index < -0.39 is 6.04 Å². The van der Waals surface area contributed by atoms with Crippen molar-refractivity contribution in [1.82, 2.24) is 15.5 Å². The van der Waals surface area contributed by atoms with Gasteiger partial charge in [0.1, 0.15) is 5.82 Å². The van der Waals surface area contributed by atoms with E-state index in [1.807, 2.05) is 31.2 Å². The van der Waals surface area contributed by atoms with Crippen molar-refractivity contribution in [1.29, 1.82) is 0 Å². The van der Waals surface area contributed by atoms with Crippen molar-refractivity contribution in [3.05, 3.63) is 106 Å². The Morgan fingerprint density at radius 2 is 1.71 bits per heavy atom. The molecule has 2 heterocycles. The lowest BCUT2D eigenvalue weighted by Crippen LogP contribution is -2.46. The third kappa shape index (κ3) is 4.42. The molecule has 5 rings (SSSR count). The highest BCUT2D eigenvalue weighted by Crippen LogP contribution is 2.39. The third-order valence-corrected chi connectivity index (χ3v) is 6.30. The van der Waals surface area contributed by atoms with Crippen molar-refractivity contribution in [2.24, 2.45) is 0 Å². The van der Waals surface area contributed by atoms with E-state index in [1.54, 1.807) is 36.4 Å². The van der Waals surface area contributed by atoms with Gasteiger partial charge in [0.05, 0.1) is 17.3 Å². The number of nitrogens with one attached hydrogen (secondary N) is 1. The molecule has 0 saturated carbocycles. The maximum atomic E-state index is 13.6. The third-order valence-electron chi connectivity index (χ3n) is 6.05. The zero-order chi connectivity index (χ0) is 24.5. The number of hydrogen-bond donors (Lipinski definition) is 1. The molecule has 176 valence electrons. The Morgan fingerprint density at radius 1 is 1.03 bits per heavy atom. The number of benzene rings is 3. The van der Waals surface area contributed by atoms with Crippen LogP contribution in [0.5, 0.6) is 0 Å². The van der Waals surface area contributed by atoms with Gasteiger partial charge in [-0.1, -0.05) is 60.1 Å². The van der Waals surface area contributed by atoms with Crippen molar-refractivity contribution < 1.29 is 13.7 Å². The minimum absolute atomic E-state index is 0.269. The summed E-state index contributed by atoms with van der Waals surface area (Å²) in [5.74, 6) is 0.345. The molecule has 1 N–H and O–H groups in total. The molecule has 4 aromatic rings. The van der Waals surface area contributed by atoms with Gasteiger partial charge in [-0.15, -0.1) is 0 Å². The van der Waals surface area contributed by atoms with Crippen molar-refractivity contribution in [3.63, 3.8) is 0 Å². The number of nitrogens with zero attached hydrogens (tertiary/aromatic N) is 3. The number of rotatable bonds is 5. The number of urea groups is 1. The lowest BCUT2D eigenvalue weighted by Gasteiger charge is -2.35. The lowest BCUT2D eigenvalue weighted by molar-refractivity contribution is 0.244. The highest BCUT2D eigenvalue weighted by atomic mass is 35.5. The molecule has 1 aromatic heterocycles.